The zero-order valence-electron chi connectivity index (χ0n) is 9.87. The Morgan fingerprint density at radius 3 is 2.67 bits per heavy atom. The van der Waals surface area contributed by atoms with Crippen LogP contribution in [0.4, 0.5) is 5.13 Å². The van der Waals surface area contributed by atoms with Crippen LogP contribution in [0, 0.1) is 6.92 Å². The van der Waals surface area contributed by atoms with Gasteiger partial charge in [0, 0.05) is 16.6 Å². The van der Waals surface area contributed by atoms with E-state index in [0.717, 1.165) is 21.8 Å². The normalized spacial score (nSPS) is 10.7. The van der Waals surface area contributed by atoms with Crippen LogP contribution in [0.15, 0.2) is 42.7 Å². The molecule has 2 aromatic heterocycles. The second-order valence-corrected chi connectivity index (χ2v) is 5.20. The number of benzene rings is 1. The zero-order valence-corrected chi connectivity index (χ0v) is 10.7. The summed E-state index contributed by atoms with van der Waals surface area (Å²) >= 11 is 1.50. The summed E-state index contributed by atoms with van der Waals surface area (Å²) in [6.45, 7) is 2.02. The Morgan fingerprint density at radius 1 is 1.22 bits per heavy atom. The SMILES string of the molecule is Cc1sc(N)nc1-c1cnn(-c2ccccc2)c1. The van der Waals surface area contributed by atoms with Crippen LogP contribution in [-0.4, -0.2) is 14.8 Å². The van der Waals surface area contributed by atoms with E-state index in [-0.39, 0.29) is 0 Å². The summed E-state index contributed by atoms with van der Waals surface area (Å²) in [5.41, 5.74) is 8.65. The number of rotatable bonds is 2. The quantitative estimate of drug-likeness (QED) is 0.767. The van der Waals surface area contributed by atoms with Gasteiger partial charge >= 0.3 is 0 Å². The number of aryl methyl sites for hydroxylation is 1. The standard InChI is InChI=1S/C13H12N4S/c1-9-12(16-13(14)18-9)10-7-15-17(8-10)11-5-3-2-4-6-11/h2-8H,1H3,(H2,14,16). The summed E-state index contributed by atoms with van der Waals surface area (Å²) < 4.78 is 1.84. The maximum absolute atomic E-state index is 5.71. The molecule has 0 radical (unpaired) electrons. The van der Waals surface area contributed by atoms with Crippen LogP contribution in [0.3, 0.4) is 0 Å². The molecule has 3 aromatic rings. The molecule has 0 fully saturated rings. The molecule has 2 N–H and O–H groups in total. The summed E-state index contributed by atoms with van der Waals surface area (Å²) in [5, 5.41) is 4.95. The van der Waals surface area contributed by atoms with Gasteiger partial charge in [-0.05, 0) is 19.1 Å². The van der Waals surface area contributed by atoms with Crippen LogP contribution < -0.4 is 5.73 Å². The van der Waals surface area contributed by atoms with Crippen molar-refractivity contribution in [1.29, 1.82) is 0 Å². The number of aromatic nitrogens is 3. The Hall–Kier alpha value is -2.14. The first-order valence-electron chi connectivity index (χ1n) is 5.57. The van der Waals surface area contributed by atoms with Crippen LogP contribution >= 0.6 is 11.3 Å². The summed E-state index contributed by atoms with van der Waals surface area (Å²) in [4.78, 5) is 5.44. The third-order valence-corrected chi connectivity index (χ3v) is 3.49. The van der Waals surface area contributed by atoms with Crippen LogP contribution in [0.2, 0.25) is 0 Å². The van der Waals surface area contributed by atoms with E-state index in [9.17, 15) is 0 Å². The minimum Gasteiger partial charge on any atom is -0.375 e. The minimum atomic E-state index is 0.593. The van der Waals surface area contributed by atoms with Gasteiger partial charge < -0.3 is 5.73 Å². The van der Waals surface area contributed by atoms with E-state index in [2.05, 4.69) is 10.1 Å². The van der Waals surface area contributed by atoms with Gasteiger partial charge in [-0.3, -0.25) is 0 Å². The number of anilines is 1. The number of hydrogen-bond donors (Lipinski definition) is 1. The van der Waals surface area contributed by atoms with Crippen LogP contribution in [0.1, 0.15) is 4.88 Å². The van der Waals surface area contributed by atoms with Crippen molar-refractivity contribution >= 4 is 16.5 Å². The molecular formula is C13H12N4S. The largest absolute Gasteiger partial charge is 0.375 e. The van der Waals surface area contributed by atoms with Crippen molar-refractivity contribution in [3.05, 3.63) is 47.6 Å². The summed E-state index contributed by atoms with van der Waals surface area (Å²) in [6.07, 6.45) is 3.78. The number of para-hydroxylation sites is 1. The van der Waals surface area contributed by atoms with Crippen molar-refractivity contribution < 1.29 is 0 Å². The fourth-order valence-corrected chi connectivity index (χ4v) is 2.56. The molecule has 0 amide bonds. The Morgan fingerprint density at radius 2 is 2.00 bits per heavy atom. The van der Waals surface area contributed by atoms with Crippen LogP contribution in [0.5, 0.6) is 0 Å². The lowest BCUT2D eigenvalue weighted by Gasteiger charge is -1.98. The maximum Gasteiger partial charge on any atom is 0.180 e. The van der Waals surface area contributed by atoms with Crippen molar-refractivity contribution in [2.24, 2.45) is 0 Å². The smallest absolute Gasteiger partial charge is 0.180 e. The Balaban J connectivity index is 2.02. The predicted molar refractivity (Wildman–Crippen MR) is 73.8 cm³/mol. The third-order valence-electron chi connectivity index (χ3n) is 2.69. The van der Waals surface area contributed by atoms with Crippen molar-refractivity contribution in [3.8, 4) is 16.9 Å². The average Bonchev–Trinajstić information content (AvgIpc) is 2.97. The molecular weight excluding hydrogens is 244 g/mol. The highest BCUT2D eigenvalue weighted by Crippen LogP contribution is 2.28. The van der Waals surface area contributed by atoms with Gasteiger partial charge in [0.25, 0.3) is 0 Å². The summed E-state index contributed by atoms with van der Waals surface area (Å²) in [5.74, 6) is 0. The van der Waals surface area contributed by atoms with E-state index >= 15 is 0 Å². The molecule has 0 unspecified atom stereocenters. The third kappa shape index (κ3) is 1.89. The Bertz CT molecular complexity index is 669. The highest BCUT2D eigenvalue weighted by Gasteiger charge is 2.10. The lowest BCUT2D eigenvalue weighted by molar-refractivity contribution is 0.881. The molecule has 4 nitrogen and oxygen atoms in total. The molecule has 0 saturated heterocycles. The van der Waals surface area contributed by atoms with E-state index in [1.54, 1.807) is 0 Å². The Kier molecular flexibility index (Phi) is 2.60. The Labute approximate surface area is 109 Å². The molecule has 18 heavy (non-hydrogen) atoms. The molecule has 0 atom stereocenters. The molecule has 0 spiro atoms. The second kappa shape index (κ2) is 4.27. The van der Waals surface area contributed by atoms with Crippen molar-refractivity contribution in [2.45, 2.75) is 6.92 Å². The molecule has 0 aliphatic heterocycles. The summed E-state index contributed by atoms with van der Waals surface area (Å²) in [7, 11) is 0. The first-order valence-corrected chi connectivity index (χ1v) is 6.39. The van der Waals surface area contributed by atoms with Crippen molar-refractivity contribution in [2.75, 3.05) is 5.73 Å². The van der Waals surface area contributed by atoms with Crippen molar-refractivity contribution in [1.82, 2.24) is 14.8 Å². The monoisotopic (exact) mass is 256 g/mol. The van der Waals surface area contributed by atoms with Crippen LogP contribution in [0.25, 0.3) is 16.9 Å². The first-order chi connectivity index (χ1) is 8.74. The zero-order chi connectivity index (χ0) is 12.5. The highest BCUT2D eigenvalue weighted by molar-refractivity contribution is 7.15. The number of nitrogens with two attached hydrogens (primary N) is 1. The molecule has 5 heteroatoms. The van der Waals surface area contributed by atoms with E-state index in [4.69, 9.17) is 5.73 Å². The lowest BCUT2D eigenvalue weighted by Crippen LogP contribution is -1.92. The van der Waals surface area contributed by atoms with Gasteiger partial charge in [-0.1, -0.05) is 18.2 Å². The van der Waals surface area contributed by atoms with E-state index in [1.165, 1.54) is 11.3 Å². The van der Waals surface area contributed by atoms with Crippen LogP contribution in [-0.2, 0) is 0 Å². The molecule has 1 aromatic carbocycles. The number of nitrogens with zero attached hydrogens (tertiary/aromatic N) is 3. The fraction of sp³-hybridized carbons (Fsp3) is 0.0769. The fourth-order valence-electron chi connectivity index (χ4n) is 1.85. The summed E-state index contributed by atoms with van der Waals surface area (Å²) in [6, 6.07) is 9.99. The van der Waals surface area contributed by atoms with Gasteiger partial charge in [0.15, 0.2) is 5.13 Å². The maximum atomic E-state index is 5.71. The molecule has 0 aliphatic carbocycles. The van der Waals surface area contributed by atoms with Crippen molar-refractivity contribution in [3.63, 3.8) is 0 Å². The van der Waals surface area contributed by atoms with E-state index < -0.39 is 0 Å². The van der Waals surface area contributed by atoms with E-state index in [1.807, 2.05) is 54.3 Å². The molecule has 0 bridgehead atoms. The van der Waals surface area contributed by atoms with Gasteiger partial charge in [-0.2, -0.15) is 5.10 Å². The number of thiazole rings is 1. The van der Waals surface area contributed by atoms with Gasteiger partial charge in [-0.25, -0.2) is 9.67 Å². The second-order valence-electron chi connectivity index (χ2n) is 3.97. The van der Waals surface area contributed by atoms with Gasteiger partial charge in [0.1, 0.15) is 0 Å². The van der Waals surface area contributed by atoms with Gasteiger partial charge in [-0.15, -0.1) is 11.3 Å². The average molecular weight is 256 g/mol. The molecule has 0 saturated carbocycles. The highest BCUT2D eigenvalue weighted by atomic mass is 32.1. The topological polar surface area (TPSA) is 56.7 Å². The molecule has 3 rings (SSSR count). The van der Waals surface area contributed by atoms with Gasteiger partial charge in [0.2, 0.25) is 0 Å². The van der Waals surface area contributed by atoms with Gasteiger partial charge in [0.05, 0.1) is 17.6 Å². The number of hydrogen-bond acceptors (Lipinski definition) is 4. The molecule has 90 valence electrons. The predicted octanol–water partition coefficient (Wildman–Crippen LogP) is 2.89. The lowest BCUT2D eigenvalue weighted by atomic mass is 10.2. The molecule has 0 aliphatic rings. The minimum absolute atomic E-state index is 0.593. The first kappa shape index (κ1) is 11.0. The molecule has 2 heterocycles. The van der Waals surface area contributed by atoms with E-state index in [0.29, 0.717) is 5.13 Å². The number of nitrogen functional groups attached to an aromatic ring is 1.